The van der Waals surface area contributed by atoms with Crippen LogP contribution in [-0.4, -0.2) is 40.3 Å². The van der Waals surface area contributed by atoms with Crippen molar-refractivity contribution in [3.8, 4) is 0 Å². The molecule has 3 N–H and O–H groups in total. The second-order valence-electron chi connectivity index (χ2n) is 5.22. The summed E-state index contributed by atoms with van der Waals surface area (Å²) in [5, 5.41) is 20.8. The van der Waals surface area contributed by atoms with E-state index in [1.807, 2.05) is 0 Å². The van der Waals surface area contributed by atoms with E-state index in [1.54, 1.807) is 18.2 Å². The van der Waals surface area contributed by atoms with Crippen LogP contribution in [0.1, 0.15) is 10.4 Å². The highest BCUT2D eigenvalue weighted by atomic mass is 16.5. The highest BCUT2D eigenvalue weighted by molar-refractivity contribution is 5.98. The largest absolute Gasteiger partial charge is 0.481 e. The molecule has 0 spiro atoms. The van der Waals surface area contributed by atoms with Gasteiger partial charge in [0, 0.05) is 5.69 Å². The van der Waals surface area contributed by atoms with Gasteiger partial charge in [-0.25, -0.2) is 4.79 Å². The number of hydrogen-bond donors (Lipinski definition) is 3. The molecule has 0 unspecified atom stereocenters. The van der Waals surface area contributed by atoms with Gasteiger partial charge < -0.3 is 20.3 Å². The molecule has 0 aliphatic carbocycles. The highest BCUT2D eigenvalue weighted by Crippen LogP contribution is 2.39. The molecule has 1 aromatic carbocycles. The number of fused-ring (bicyclic) bond motifs is 2. The minimum atomic E-state index is -1.11. The number of carbonyl (C=O) groups is 3. The Morgan fingerprint density at radius 3 is 2.36 bits per heavy atom. The van der Waals surface area contributed by atoms with Gasteiger partial charge in [-0.1, -0.05) is 18.2 Å². The molecule has 3 rings (SSSR count). The molecule has 2 aliphatic heterocycles. The first kappa shape index (κ1) is 14.3. The van der Waals surface area contributed by atoms with Gasteiger partial charge in [0.05, 0.1) is 23.7 Å². The maximum absolute atomic E-state index is 12.4. The fourth-order valence-corrected chi connectivity index (χ4v) is 2.87. The van der Waals surface area contributed by atoms with E-state index in [0.717, 1.165) is 0 Å². The first-order valence-corrected chi connectivity index (χ1v) is 6.68. The van der Waals surface area contributed by atoms with Crippen molar-refractivity contribution < 1.29 is 29.3 Å². The first-order chi connectivity index (χ1) is 10.5. The lowest BCUT2D eigenvalue weighted by Gasteiger charge is -2.21. The lowest BCUT2D eigenvalue weighted by atomic mass is 9.82. The van der Waals surface area contributed by atoms with Gasteiger partial charge in [0.2, 0.25) is 5.91 Å². The Labute approximate surface area is 125 Å². The quantitative estimate of drug-likeness (QED) is 0.715. The van der Waals surface area contributed by atoms with Crippen LogP contribution in [0.4, 0.5) is 5.69 Å². The zero-order valence-electron chi connectivity index (χ0n) is 11.3. The highest BCUT2D eigenvalue weighted by Gasteiger charge is 2.53. The van der Waals surface area contributed by atoms with E-state index in [9.17, 15) is 19.5 Å². The smallest absolute Gasteiger partial charge is 0.335 e. The van der Waals surface area contributed by atoms with E-state index < -0.39 is 41.9 Å². The Morgan fingerprint density at radius 2 is 1.73 bits per heavy atom. The van der Waals surface area contributed by atoms with Crippen molar-refractivity contribution in [2.45, 2.75) is 12.2 Å². The molecule has 0 saturated carbocycles. The Bertz CT molecular complexity index is 682. The van der Waals surface area contributed by atoms with E-state index in [4.69, 9.17) is 9.84 Å². The predicted octanol–water partition coefficient (Wildman–Crippen LogP) is 0.977. The number of anilines is 1. The summed E-state index contributed by atoms with van der Waals surface area (Å²) in [7, 11) is 0. The number of rotatable bonds is 4. The number of hydrogen-bond acceptors (Lipinski definition) is 4. The lowest BCUT2D eigenvalue weighted by molar-refractivity contribution is -0.145. The summed E-state index contributed by atoms with van der Waals surface area (Å²) in [5.41, 5.74) is 0.345. The summed E-state index contributed by atoms with van der Waals surface area (Å²) in [6.45, 7) is 0. The molecule has 0 aromatic heterocycles. The molecule has 0 radical (unpaired) electrons. The van der Waals surface area contributed by atoms with Gasteiger partial charge in [0.25, 0.3) is 0 Å². The number of aromatic carboxylic acids is 1. The molecule has 7 heteroatoms. The minimum absolute atomic E-state index is 0.0386. The molecule has 1 fully saturated rings. The molecule has 2 heterocycles. The van der Waals surface area contributed by atoms with Gasteiger partial charge in [0.1, 0.15) is 5.92 Å². The molecular formula is C15H13NO6. The second kappa shape index (κ2) is 5.27. The summed E-state index contributed by atoms with van der Waals surface area (Å²) in [4.78, 5) is 34.6. The average molecular weight is 303 g/mol. The van der Waals surface area contributed by atoms with E-state index >= 15 is 0 Å². The standard InChI is InChI=1S/C15H13NO6/c17-13(16-8-3-1-2-7(6-8)14(18)19)11-9-4-5-10(22-9)12(11)15(20)21/h1-6,9-12H,(H,16,17)(H,18,19)(H,20,21)/t9-,10+,11-,12+/m1/s1. The van der Waals surface area contributed by atoms with E-state index in [-0.39, 0.29) is 5.56 Å². The molecule has 1 saturated heterocycles. The van der Waals surface area contributed by atoms with Crippen LogP contribution in [0.2, 0.25) is 0 Å². The van der Waals surface area contributed by atoms with Gasteiger partial charge in [0.15, 0.2) is 0 Å². The normalized spacial score (nSPS) is 28.5. The summed E-state index contributed by atoms with van der Waals surface area (Å²) >= 11 is 0. The van der Waals surface area contributed by atoms with Crippen LogP contribution in [0.5, 0.6) is 0 Å². The predicted molar refractivity (Wildman–Crippen MR) is 74.4 cm³/mol. The van der Waals surface area contributed by atoms with E-state index in [2.05, 4.69) is 5.32 Å². The third-order valence-corrected chi connectivity index (χ3v) is 3.86. The zero-order chi connectivity index (χ0) is 15.9. The van der Waals surface area contributed by atoms with Gasteiger partial charge in [-0.05, 0) is 18.2 Å². The van der Waals surface area contributed by atoms with Crippen LogP contribution in [0.15, 0.2) is 36.4 Å². The fraction of sp³-hybridized carbons (Fsp3) is 0.267. The van der Waals surface area contributed by atoms with Crippen LogP contribution in [-0.2, 0) is 14.3 Å². The molecule has 114 valence electrons. The maximum atomic E-state index is 12.4. The SMILES string of the molecule is O=C(O)c1cccc(NC(=O)[C@H]2[C@@H](C(=O)O)[C@@H]3C=C[C@H]2O3)c1. The van der Waals surface area contributed by atoms with Gasteiger partial charge >= 0.3 is 11.9 Å². The van der Waals surface area contributed by atoms with Gasteiger partial charge in [-0.3, -0.25) is 9.59 Å². The number of ether oxygens (including phenoxy) is 1. The second-order valence-corrected chi connectivity index (χ2v) is 5.22. The molecule has 1 aromatic rings. The molecule has 4 atom stereocenters. The third-order valence-electron chi connectivity index (χ3n) is 3.86. The number of benzene rings is 1. The summed E-state index contributed by atoms with van der Waals surface area (Å²) in [6, 6.07) is 5.77. The number of nitrogens with one attached hydrogen (secondary N) is 1. The first-order valence-electron chi connectivity index (χ1n) is 6.68. The molecule has 1 amide bonds. The lowest BCUT2D eigenvalue weighted by Crippen LogP contribution is -2.39. The van der Waals surface area contributed by atoms with Crippen molar-refractivity contribution in [2.24, 2.45) is 11.8 Å². The fourth-order valence-electron chi connectivity index (χ4n) is 2.87. The monoisotopic (exact) mass is 303 g/mol. The number of carboxylic acids is 2. The summed E-state index contributed by atoms with van der Waals surface area (Å²) in [6.07, 6.45) is 2.18. The average Bonchev–Trinajstić information content (AvgIpc) is 3.07. The molecule has 22 heavy (non-hydrogen) atoms. The molecular weight excluding hydrogens is 290 g/mol. The van der Waals surface area contributed by atoms with Crippen LogP contribution < -0.4 is 5.32 Å². The Balaban J connectivity index is 1.80. The van der Waals surface area contributed by atoms with E-state index in [1.165, 1.54) is 18.2 Å². The van der Waals surface area contributed by atoms with Crippen molar-refractivity contribution >= 4 is 23.5 Å². The molecule has 2 aliphatic rings. The topological polar surface area (TPSA) is 113 Å². The van der Waals surface area contributed by atoms with Crippen molar-refractivity contribution in [3.05, 3.63) is 42.0 Å². The van der Waals surface area contributed by atoms with Crippen molar-refractivity contribution in [1.29, 1.82) is 0 Å². The zero-order valence-corrected chi connectivity index (χ0v) is 11.3. The Hall–Kier alpha value is -2.67. The summed E-state index contributed by atoms with van der Waals surface area (Å²) < 4.78 is 5.43. The Kier molecular flexibility index (Phi) is 3.42. The Morgan fingerprint density at radius 1 is 1.05 bits per heavy atom. The number of aliphatic carboxylic acids is 1. The summed E-state index contributed by atoms with van der Waals surface area (Å²) in [5.74, 6) is -4.45. The molecule has 2 bridgehead atoms. The van der Waals surface area contributed by atoms with Crippen LogP contribution in [0.3, 0.4) is 0 Å². The molecule has 7 nitrogen and oxygen atoms in total. The number of amides is 1. The number of carboxylic acid groups (broad SMARTS) is 2. The van der Waals surface area contributed by atoms with Crippen molar-refractivity contribution in [1.82, 2.24) is 0 Å². The van der Waals surface area contributed by atoms with Crippen LogP contribution >= 0.6 is 0 Å². The van der Waals surface area contributed by atoms with Gasteiger partial charge in [-0.15, -0.1) is 0 Å². The van der Waals surface area contributed by atoms with Crippen molar-refractivity contribution in [3.63, 3.8) is 0 Å². The van der Waals surface area contributed by atoms with Crippen molar-refractivity contribution in [2.75, 3.05) is 5.32 Å². The number of carbonyl (C=O) groups excluding carboxylic acids is 1. The maximum Gasteiger partial charge on any atom is 0.335 e. The van der Waals surface area contributed by atoms with Crippen LogP contribution in [0, 0.1) is 11.8 Å². The van der Waals surface area contributed by atoms with Gasteiger partial charge in [-0.2, -0.15) is 0 Å². The third kappa shape index (κ3) is 2.35. The minimum Gasteiger partial charge on any atom is -0.481 e. The van der Waals surface area contributed by atoms with E-state index in [0.29, 0.717) is 5.69 Å². The van der Waals surface area contributed by atoms with Crippen LogP contribution in [0.25, 0.3) is 0 Å².